The highest BCUT2D eigenvalue weighted by Gasteiger charge is 1.94. The van der Waals surface area contributed by atoms with Gasteiger partial charge in [0.05, 0.1) is 0 Å². The zero-order chi connectivity index (χ0) is 9.40. The lowest BCUT2D eigenvalue weighted by Gasteiger charge is -2.02. The lowest BCUT2D eigenvalue weighted by atomic mass is 10.3. The Kier molecular flexibility index (Phi) is 7.86. The van der Waals surface area contributed by atoms with E-state index in [2.05, 4.69) is 5.32 Å². The van der Waals surface area contributed by atoms with E-state index in [9.17, 15) is 4.21 Å². The third-order valence-corrected chi connectivity index (χ3v) is 3.09. The van der Waals surface area contributed by atoms with Gasteiger partial charge in [-0.25, -0.2) is 0 Å². The second kappa shape index (κ2) is 7.77. The van der Waals surface area contributed by atoms with Crippen LogP contribution in [0, 0.1) is 0 Å². The van der Waals surface area contributed by atoms with Crippen molar-refractivity contribution in [3.8, 4) is 0 Å². The van der Waals surface area contributed by atoms with Crippen LogP contribution in [0.3, 0.4) is 0 Å². The van der Waals surface area contributed by atoms with Gasteiger partial charge in [-0.15, -0.1) is 0 Å². The summed E-state index contributed by atoms with van der Waals surface area (Å²) in [6.45, 7) is 5.46. The van der Waals surface area contributed by atoms with Gasteiger partial charge >= 0.3 is 0 Å². The molecule has 0 aromatic heterocycles. The molecule has 0 rings (SSSR count). The standard InChI is InChI=1S/C8H16ClNOS/c1-3-12(11)5-4-10-7-8(2)6-9/h6,10H,3-5,7H2,1-2H3. The van der Waals surface area contributed by atoms with Gasteiger partial charge in [-0.3, -0.25) is 4.21 Å². The second-order valence-electron chi connectivity index (χ2n) is 2.56. The summed E-state index contributed by atoms with van der Waals surface area (Å²) in [5, 5.41) is 3.16. The summed E-state index contributed by atoms with van der Waals surface area (Å²) in [5.41, 5.74) is 2.66. The third-order valence-electron chi connectivity index (χ3n) is 1.42. The predicted molar refractivity (Wildman–Crippen MR) is 56.0 cm³/mol. The Balaban J connectivity index is 3.27. The molecular formula is C8H16ClNOS. The molecule has 72 valence electrons. The van der Waals surface area contributed by atoms with E-state index in [1.165, 1.54) is 0 Å². The van der Waals surface area contributed by atoms with Gasteiger partial charge in [0.25, 0.3) is 0 Å². The summed E-state index contributed by atoms with van der Waals surface area (Å²) in [6, 6.07) is 0. The minimum Gasteiger partial charge on any atom is -0.312 e. The first kappa shape index (κ1) is 12.1. The van der Waals surface area contributed by atoms with E-state index in [1.807, 2.05) is 13.8 Å². The maximum Gasteiger partial charge on any atom is 0.0360 e. The van der Waals surface area contributed by atoms with Gasteiger partial charge in [0.2, 0.25) is 0 Å². The molecule has 2 nitrogen and oxygen atoms in total. The van der Waals surface area contributed by atoms with Crippen LogP contribution in [0.2, 0.25) is 0 Å². The van der Waals surface area contributed by atoms with E-state index in [1.54, 1.807) is 5.54 Å². The van der Waals surface area contributed by atoms with E-state index >= 15 is 0 Å². The predicted octanol–water partition coefficient (Wildman–Crippen LogP) is 1.49. The number of hydrogen-bond acceptors (Lipinski definition) is 2. The molecule has 0 fully saturated rings. The van der Waals surface area contributed by atoms with Crippen LogP contribution in [0.5, 0.6) is 0 Å². The van der Waals surface area contributed by atoms with Crippen molar-refractivity contribution in [3.63, 3.8) is 0 Å². The monoisotopic (exact) mass is 209 g/mol. The maximum absolute atomic E-state index is 11.0. The average Bonchev–Trinajstić information content (AvgIpc) is 2.11. The van der Waals surface area contributed by atoms with Crippen LogP contribution in [-0.2, 0) is 10.8 Å². The van der Waals surface area contributed by atoms with Gasteiger partial charge in [-0.1, -0.05) is 18.5 Å². The van der Waals surface area contributed by atoms with Crippen LogP contribution in [0.4, 0.5) is 0 Å². The molecule has 1 unspecified atom stereocenters. The smallest absolute Gasteiger partial charge is 0.0360 e. The Morgan fingerprint density at radius 1 is 1.67 bits per heavy atom. The molecule has 0 aliphatic rings. The average molecular weight is 210 g/mol. The van der Waals surface area contributed by atoms with Crippen molar-refractivity contribution in [2.24, 2.45) is 0 Å². The highest BCUT2D eigenvalue weighted by atomic mass is 35.5. The Morgan fingerprint density at radius 2 is 2.33 bits per heavy atom. The topological polar surface area (TPSA) is 29.1 Å². The number of rotatable bonds is 6. The van der Waals surface area contributed by atoms with Crippen LogP contribution in [-0.4, -0.2) is 28.8 Å². The van der Waals surface area contributed by atoms with E-state index in [0.29, 0.717) is 0 Å². The summed E-state index contributed by atoms with van der Waals surface area (Å²) in [7, 11) is -0.659. The summed E-state index contributed by atoms with van der Waals surface area (Å²) in [6.07, 6.45) is 0. The minimum atomic E-state index is -0.659. The molecule has 1 atom stereocenters. The quantitative estimate of drug-likeness (QED) is 0.672. The zero-order valence-corrected chi connectivity index (χ0v) is 9.17. The Labute approximate surface area is 81.8 Å². The van der Waals surface area contributed by atoms with E-state index in [0.717, 1.165) is 30.2 Å². The van der Waals surface area contributed by atoms with Crippen molar-refractivity contribution in [2.75, 3.05) is 24.6 Å². The highest BCUT2D eigenvalue weighted by molar-refractivity contribution is 7.84. The SMILES string of the molecule is CCS(=O)CCNCC(C)=CCl. The molecule has 0 aromatic rings. The molecule has 0 heterocycles. The summed E-state index contributed by atoms with van der Waals surface area (Å²) in [5.74, 6) is 1.47. The molecule has 1 N–H and O–H groups in total. The van der Waals surface area contributed by atoms with Crippen molar-refractivity contribution in [3.05, 3.63) is 11.1 Å². The fourth-order valence-corrected chi connectivity index (χ4v) is 1.39. The fraction of sp³-hybridized carbons (Fsp3) is 0.750. The van der Waals surface area contributed by atoms with Gasteiger partial charge in [0.1, 0.15) is 0 Å². The van der Waals surface area contributed by atoms with Crippen LogP contribution in [0.15, 0.2) is 11.1 Å². The molecule has 4 heteroatoms. The normalized spacial score (nSPS) is 14.8. The number of hydrogen-bond donors (Lipinski definition) is 1. The van der Waals surface area contributed by atoms with Gasteiger partial charge in [0.15, 0.2) is 0 Å². The van der Waals surface area contributed by atoms with Gasteiger partial charge in [-0.05, 0) is 12.5 Å². The first-order valence-corrected chi connectivity index (χ1v) is 5.94. The largest absolute Gasteiger partial charge is 0.312 e. The highest BCUT2D eigenvalue weighted by Crippen LogP contribution is 1.91. The number of halogens is 1. The molecule has 0 aliphatic carbocycles. The molecular weight excluding hydrogens is 194 g/mol. The van der Waals surface area contributed by atoms with Crippen LogP contribution >= 0.6 is 11.6 Å². The van der Waals surface area contributed by atoms with Crippen molar-refractivity contribution >= 4 is 22.4 Å². The van der Waals surface area contributed by atoms with Crippen molar-refractivity contribution in [1.29, 1.82) is 0 Å². The molecule has 12 heavy (non-hydrogen) atoms. The summed E-state index contributed by atoms with van der Waals surface area (Å²) >= 11 is 5.46. The molecule has 0 spiro atoms. The number of nitrogens with one attached hydrogen (secondary N) is 1. The fourth-order valence-electron chi connectivity index (χ4n) is 0.654. The van der Waals surface area contributed by atoms with Crippen LogP contribution < -0.4 is 5.32 Å². The molecule has 0 bridgehead atoms. The van der Waals surface area contributed by atoms with Crippen LogP contribution in [0.25, 0.3) is 0 Å². The Bertz CT molecular complexity index is 170. The van der Waals surface area contributed by atoms with Crippen molar-refractivity contribution in [1.82, 2.24) is 5.32 Å². The molecule has 0 aromatic carbocycles. The third kappa shape index (κ3) is 6.83. The van der Waals surface area contributed by atoms with Crippen molar-refractivity contribution < 1.29 is 4.21 Å². The Morgan fingerprint density at radius 3 is 2.83 bits per heavy atom. The van der Waals surface area contributed by atoms with E-state index < -0.39 is 10.8 Å². The molecule has 0 saturated carbocycles. The lowest BCUT2D eigenvalue weighted by Crippen LogP contribution is -2.22. The van der Waals surface area contributed by atoms with Gasteiger partial charge < -0.3 is 5.32 Å². The molecule has 0 radical (unpaired) electrons. The zero-order valence-electron chi connectivity index (χ0n) is 7.60. The maximum atomic E-state index is 11.0. The molecule has 0 saturated heterocycles. The Hall–Kier alpha value is 0.140. The van der Waals surface area contributed by atoms with Crippen molar-refractivity contribution in [2.45, 2.75) is 13.8 Å². The van der Waals surface area contributed by atoms with E-state index in [-0.39, 0.29) is 0 Å². The molecule has 0 amide bonds. The lowest BCUT2D eigenvalue weighted by molar-refractivity contribution is 0.678. The first-order chi connectivity index (χ1) is 5.70. The molecule has 0 aliphatic heterocycles. The van der Waals surface area contributed by atoms with Gasteiger partial charge in [-0.2, -0.15) is 0 Å². The minimum absolute atomic E-state index is 0.659. The summed E-state index contributed by atoms with van der Waals surface area (Å²) in [4.78, 5) is 0. The van der Waals surface area contributed by atoms with Gasteiger partial charge in [0, 0.05) is 40.9 Å². The van der Waals surface area contributed by atoms with Crippen LogP contribution in [0.1, 0.15) is 13.8 Å². The summed E-state index contributed by atoms with van der Waals surface area (Å²) < 4.78 is 11.0. The first-order valence-electron chi connectivity index (χ1n) is 4.02. The second-order valence-corrected chi connectivity index (χ2v) is 4.65. The van der Waals surface area contributed by atoms with E-state index in [4.69, 9.17) is 11.6 Å².